The first kappa shape index (κ1) is 22.8. The van der Waals surface area contributed by atoms with Gasteiger partial charge in [0.05, 0.1) is 6.04 Å². The van der Waals surface area contributed by atoms with Crippen molar-refractivity contribution >= 4 is 5.91 Å². The first-order valence-corrected chi connectivity index (χ1v) is 12.8. The summed E-state index contributed by atoms with van der Waals surface area (Å²) in [7, 11) is 0. The van der Waals surface area contributed by atoms with Gasteiger partial charge in [-0.2, -0.15) is 5.10 Å². The lowest BCUT2D eigenvalue weighted by molar-refractivity contribution is -0.128. The topological polar surface area (TPSA) is 73.9 Å². The normalized spacial score (nSPS) is 18.4. The maximum atomic E-state index is 12.6. The Balaban J connectivity index is 1.12. The molecule has 3 aromatic rings. The van der Waals surface area contributed by atoms with E-state index in [1.165, 1.54) is 17.5 Å². The number of benzene rings is 2. The van der Waals surface area contributed by atoms with Crippen molar-refractivity contribution in [2.45, 2.75) is 56.9 Å². The van der Waals surface area contributed by atoms with Crippen LogP contribution in [0.4, 0.5) is 0 Å². The minimum atomic E-state index is 0.0839. The highest BCUT2D eigenvalue weighted by Crippen LogP contribution is 2.29. The second-order valence-electron chi connectivity index (χ2n) is 9.81. The third kappa shape index (κ3) is 5.73. The Morgan fingerprint density at radius 1 is 1.00 bits per heavy atom. The summed E-state index contributed by atoms with van der Waals surface area (Å²) in [5, 5.41) is 11.0. The van der Waals surface area contributed by atoms with Crippen LogP contribution in [0, 0.1) is 5.92 Å². The van der Waals surface area contributed by atoms with E-state index in [4.69, 9.17) is 4.98 Å². The zero-order chi connectivity index (χ0) is 23.2. The summed E-state index contributed by atoms with van der Waals surface area (Å²) < 4.78 is 0. The van der Waals surface area contributed by atoms with E-state index in [9.17, 15) is 4.79 Å². The van der Waals surface area contributed by atoms with E-state index in [0.717, 1.165) is 69.8 Å². The molecular formula is C28H35N5O. The van der Waals surface area contributed by atoms with E-state index < -0.39 is 0 Å². The van der Waals surface area contributed by atoms with Gasteiger partial charge in [-0.1, -0.05) is 67.1 Å². The van der Waals surface area contributed by atoms with Gasteiger partial charge in [0, 0.05) is 24.8 Å². The quantitative estimate of drug-likeness (QED) is 0.492. The highest BCUT2D eigenvalue weighted by atomic mass is 16.2. The molecule has 0 bridgehead atoms. The summed E-state index contributed by atoms with van der Waals surface area (Å²) in [5.74, 6) is 2.77. The summed E-state index contributed by atoms with van der Waals surface area (Å²) in [6.45, 7) is 3.08. The zero-order valence-electron chi connectivity index (χ0n) is 19.8. The molecule has 1 aromatic heterocycles. The molecule has 0 spiro atoms. The van der Waals surface area contributed by atoms with Crippen LogP contribution in [0.5, 0.6) is 0 Å². The lowest BCUT2D eigenvalue weighted by atomic mass is 9.84. The van der Waals surface area contributed by atoms with Crippen LogP contribution in [-0.4, -0.2) is 45.6 Å². The van der Waals surface area contributed by atoms with Crippen LogP contribution < -0.4 is 5.32 Å². The summed E-state index contributed by atoms with van der Waals surface area (Å²) in [4.78, 5) is 20.0. The number of carbonyl (C=O) groups excluding carboxylic acids is 1. The molecule has 1 unspecified atom stereocenters. The monoisotopic (exact) mass is 457 g/mol. The number of aromatic amines is 1. The number of hydrogen-bond acceptors (Lipinski definition) is 4. The minimum Gasteiger partial charge on any atom is -0.349 e. The predicted molar refractivity (Wildman–Crippen MR) is 133 cm³/mol. The van der Waals surface area contributed by atoms with Gasteiger partial charge in [-0.05, 0) is 56.3 Å². The van der Waals surface area contributed by atoms with Crippen molar-refractivity contribution < 1.29 is 4.79 Å². The molecule has 2 aliphatic rings. The smallest absolute Gasteiger partial charge is 0.223 e. The first-order valence-electron chi connectivity index (χ1n) is 12.8. The second kappa shape index (κ2) is 11.0. The van der Waals surface area contributed by atoms with Crippen molar-refractivity contribution in [2.24, 2.45) is 5.92 Å². The largest absolute Gasteiger partial charge is 0.349 e. The third-order valence-corrected chi connectivity index (χ3v) is 7.44. The van der Waals surface area contributed by atoms with Crippen LogP contribution in [0.2, 0.25) is 0 Å². The average molecular weight is 458 g/mol. The molecular weight excluding hydrogens is 422 g/mol. The molecule has 178 valence electrons. The molecule has 2 N–H and O–H groups in total. The standard InChI is InChI=1S/C28H35N5O/c34-28(24-12-7-13-24)29-25(22-10-5-2-6-11-22)16-19-33-17-14-23(15-18-33)27-30-26(31-32-27)20-21-8-3-1-4-9-21/h1-6,8-11,23-25H,7,12-20H2,(H,29,34)(H,30,31,32). The number of aromatic nitrogens is 3. The van der Waals surface area contributed by atoms with Gasteiger partial charge in [-0.3, -0.25) is 9.89 Å². The number of nitrogens with zero attached hydrogens (tertiary/aromatic N) is 3. The first-order chi connectivity index (χ1) is 16.7. The number of piperidine rings is 1. The van der Waals surface area contributed by atoms with E-state index in [2.05, 4.69) is 68.9 Å². The van der Waals surface area contributed by atoms with Gasteiger partial charge in [0.25, 0.3) is 0 Å². The molecule has 2 heterocycles. The van der Waals surface area contributed by atoms with Crippen LogP contribution in [0.3, 0.4) is 0 Å². The van der Waals surface area contributed by atoms with Gasteiger partial charge in [0.2, 0.25) is 5.91 Å². The van der Waals surface area contributed by atoms with Crippen molar-refractivity contribution in [1.82, 2.24) is 25.4 Å². The number of carbonyl (C=O) groups is 1. The van der Waals surface area contributed by atoms with Gasteiger partial charge < -0.3 is 10.2 Å². The van der Waals surface area contributed by atoms with E-state index in [1.807, 2.05) is 12.1 Å². The molecule has 34 heavy (non-hydrogen) atoms. The van der Waals surface area contributed by atoms with Crippen LogP contribution in [-0.2, 0) is 11.2 Å². The highest BCUT2D eigenvalue weighted by Gasteiger charge is 2.28. The molecule has 1 aliphatic carbocycles. The Morgan fingerprint density at radius 2 is 1.71 bits per heavy atom. The molecule has 2 fully saturated rings. The van der Waals surface area contributed by atoms with Crippen molar-refractivity contribution in [3.63, 3.8) is 0 Å². The lowest BCUT2D eigenvalue weighted by Crippen LogP contribution is -2.39. The molecule has 1 saturated carbocycles. The molecule has 1 amide bonds. The Bertz CT molecular complexity index is 1040. The molecule has 1 saturated heterocycles. The second-order valence-corrected chi connectivity index (χ2v) is 9.81. The number of hydrogen-bond donors (Lipinski definition) is 2. The molecule has 0 radical (unpaired) electrons. The molecule has 6 heteroatoms. The van der Waals surface area contributed by atoms with E-state index in [0.29, 0.717) is 5.92 Å². The number of amides is 1. The predicted octanol–water partition coefficient (Wildman–Crippen LogP) is 4.62. The SMILES string of the molecule is O=C(NC(CCN1CCC(c2n[nH]c(Cc3ccccc3)n2)CC1)c1ccccc1)C1CCC1. The van der Waals surface area contributed by atoms with Gasteiger partial charge in [0.1, 0.15) is 5.82 Å². The van der Waals surface area contributed by atoms with Gasteiger partial charge >= 0.3 is 0 Å². The molecule has 6 nitrogen and oxygen atoms in total. The summed E-state index contributed by atoms with van der Waals surface area (Å²) in [5.41, 5.74) is 2.45. The van der Waals surface area contributed by atoms with Crippen molar-refractivity contribution in [2.75, 3.05) is 19.6 Å². The van der Waals surface area contributed by atoms with Crippen LogP contribution in [0.15, 0.2) is 60.7 Å². The van der Waals surface area contributed by atoms with Crippen molar-refractivity contribution in [3.8, 4) is 0 Å². The van der Waals surface area contributed by atoms with Crippen molar-refractivity contribution in [1.29, 1.82) is 0 Å². The fourth-order valence-corrected chi connectivity index (χ4v) is 5.05. The zero-order valence-corrected chi connectivity index (χ0v) is 19.8. The third-order valence-electron chi connectivity index (χ3n) is 7.44. The summed E-state index contributed by atoms with van der Waals surface area (Å²) in [6, 6.07) is 20.9. The van der Waals surface area contributed by atoms with Gasteiger partial charge in [-0.25, -0.2) is 4.98 Å². The van der Waals surface area contributed by atoms with Crippen molar-refractivity contribution in [3.05, 3.63) is 83.4 Å². The Hall–Kier alpha value is -2.99. The fraction of sp³-hybridized carbons (Fsp3) is 0.464. The van der Waals surface area contributed by atoms with Crippen LogP contribution >= 0.6 is 0 Å². The highest BCUT2D eigenvalue weighted by molar-refractivity contribution is 5.79. The number of H-pyrrole nitrogens is 1. The van der Waals surface area contributed by atoms with Gasteiger partial charge in [0.15, 0.2) is 5.82 Å². The summed E-state index contributed by atoms with van der Waals surface area (Å²) in [6.07, 6.45) is 7.14. The fourth-order valence-electron chi connectivity index (χ4n) is 5.05. The molecule has 5 rings (SSSR count). The number of rotatable bonds is 9. The summed E-state index contributed by atoms with van der Waals surface area (Å²) >= 11 is 0. The van der Waals surface area contributed by atoms with E-state index in [-0.39, 0.29) is 17.9 Å². The molecule has 1 atom stereocenters. The number of likely N-dealkylation sites (tertiary alicyclic amines) is 1. The van der Waals surface area contributed by atoms with Crippen LogP contribution in [0.1, 0.15) is 73.3 Å². The minimum absolute atomic E-state index is 0.0839. The molecule has 2 aromatic carbocycles. The molecule has 1 aliphatic heterocycles. The number of nitrogens with one attached hydrogen (secondary N) is 2. The maximum Gasteiger partial charge on any atom is 0.223 e. The Labute approximate surface area is 202 Å². The Morgan fingerprint density at radius 3 is 2.38 bits per heavy atom. The maximum absolute atomic E-state index is 12.6. The average Bonchev–Trinajstić information content (AvgIpc) is 3.30. The Kier molecular flexibility index (Phi) is 7.34. The lowest BCUT2D eigenvalue weighted by Gasteiger charge is -2.33. The van der Waals surface area contributed by atoms with Crippen LogP contribution in [0.25, 0.3) is 0 Å². The van der Waals surface area contributed by atoms with E-state index >= 15 is 0 Å². The van der Waals surface area contributed by atoms with Gasteiger partial charge in [-0.15, -0.1) is 0 Å². The van der Waals surface area contributed by atoms with E-state index in [1.54, 1.807) is 0 Å².